The minimum absolute atomic E-state index is 0.0727. The molecule has 6 nitrogen and oxygen atoms in total. The standard InChI is InChI=1S/C9H15F3N2O4/c1-13(3-4-18-2)8(17)14(5-7(15)16)6-9(10,11)12/h3-6H2,1-2H3,(H,15,16). The molecule has 9 heteroatoms. The summed E-state index contributed by atoms with van der Waals surface area (Å²) in [5, 5.41) is 8.48. The normalized spacial score (nSPS) is 11.2. The quantitative estimate of drug-likeness (QED) is 0.770. The van der Waals surface area contributed by atoms with Gasteiger partial charge in [0.2, 0.25) is 0 Å². The minimum atomic E-state index is -4.65. The van der Waals surface area contributed by atoms with E-state index in [1.54, 1.807) is 0 Å². The first-order chi connectivity index (χ1) is 8.17. The first kappa shape index (κ1) is 16.5. The highest BCUT2D eigenvalue weighted by Crippen LogP contribution is 2.17. The van der Waals surface area contributed by atoms with Crippen LogP contribution < -0.4 is 0 Å². The average molecular weight is 272 g/mol. The van der Waals surface area contributed by atoms with E-state index in [2.05, 4.69) is 4.74 Å². The van der Waals surface area contributed by atoms with Gasteiger partial charge in [0.1, 0.15) is 13.1 Å². The molecule has 0 aromatic rings. The van der Waals surface area contributed by atoms with Crippen molar-refractivity contribution in [3.63, 3.8) is 0 Å². The van der Waals surface area contributed by atoms with Gasteiger partial charge in [0.25, 0.3) is 0 Å². The van der Waals surface area contributed by atoms with Crippen LogP contribution in [0.2, 0.25) is 0 Å². The molecule has 0 saturated heterocycles. The lowest BCUT2D eigenvalue weighted by atomic mass is 10.4. The van der Waals surface area contributed by atoms with E-state index >= 15 is 0 Å². The molecule has 106 valence electrons. The van der Waals surface area contributed by atoms with Crippen LogP contribution in [0.1, 0.15) is 0 Å². The number of rotatable bonds is 6. The van der Waals surface area contributed by atoms with E-state index in [0.29, 0.717) is 0 Å². The monoisotopic (exact) mass is 272 g/mol. The topological polar surface area (TPSA) is 70.1 Å². The Balaban J connectivity index is 4.63. The smallest absolute Gasteiger partial charge is 0.406 e. The maximum absolute atomic E-state index is 12.2. The highest BCUT2D eigenvalue weighted by Gasteiger charge is 2.34. The fourth-order valence-electron chi connectivity index (χ4n) is 1.14. The summed E-state index contributed by atoms with van der Waals surface area (Å²) in [7, 11) is 2.65. The summed E-state index contributed by atoms with van der Waals surface area (Å²) in [5.41, 5.74) is 0. The molecule has 0 aromatic carbocycles. The number of carboxylic acids is 1. The Hall–Kier alpha value is -1.51. The molecular weight excluding hydrogens is 257 g/mol. The van der Waals surface area contributed by atoms with Crippen LogP contribution in [0, 0.1) is 0 Å². The lowest BCUT2D eigenvalue weighted by molar-refractivity contribution is -0.149. The van der Waals surface area contributed by atoms with Gasteiger partial charge in [0, 0.05) is 20.7 Å². The van der Waals surface area contributed by atoms with Crippen molar-refractivity contribution in [1.82, 2.24) is 9.80 Å². The van der Waals surface area contributed by atoms with Crippen molar-refractivity contribution in [3.05, 3.63) is 0 Å². The van der Waals surface area contributed by atoms with Gasteiger partial charge in [-0.05, 0) is 0 Å². The van der Waals surface area contributed by atoms with Crippen LogP contribution in [-0.4, -0.2) is 73.5 Å². The molecule has 0 fully saturated rings. The molecule has 0 heterocycles. The summed E-state index contributed by atoms with van der Waals surface area (Å²) in [6.07, 6.45) is -4.65. The van der Waals surface area contributed by atoms with Crippen LogP contribution in [0.3, 0.4) is 0 Å². The number of ether oxygens (including phenoxy) is 1. The summed E-state index contributed by atoms with van der Waals surface area (Å²) < 4.78 is 41.3. The zero-order valence-corrected chi connectivity index (χ0v) is 10.0. The fourth-order valence-corrected chi connectivity index (χ4v) is 1.14. The number of amides is 2. The van der Waals surface area contributed by atoms with E-state index in [4.69, 9.17) is 5.11 Å². The lowest BCUT2D eigenvalue weighted by Gasteiger charge is -2.27. The number of carbonyl (C=O) groups is 2. The van der Waals surface area contributed by atoms with Crippen LogP contribution in [0.15, 0.2) is 0 Å². The van der Waals surface area contributed by atoms with Crippen molar-refractivity contribution < 1.29 is 32.6 Å². The van der Waals surface area contributed by atoms with E-state index in [-0.39, 0.29) is 18.1 Å². The number of carbonyl (C=O) groups excluding carboxylic acids is 1. The van der Waals surface area contributed by atoms with Gasteiger partial charge in [0.05, 0.1) is 6.61 Å². The Morgan fingerprint density at radius 3 is 2.28 bits per heavy atom. The molecule has 0 bridgehead atoms. The van der Waals surface area contributed by atoms with Crippen LogP contribution in [-0.2, 0) is 9.53 Å². The van der Waals surface area contributed by atoms with Crippen LogP contribution in [0.5, 0.6) is 0 Å². The minimum Gasteiger partial charge on any atom is -0.480 e. The highest BCUT2D eigenvalue weighted by atomic mass is 19.4. The Morgan fingerprint density at radius 2 is 1.89 bits per heavy atom. The second-order valence-corrected chi connectivity index (χ2v) is 3.56. The summed E-state index contributed by atoms with van der Waals surface area (Å²) in [5.74, 6) is -1.51. The number of urea groups is 1. The van der Waals surface area contributed by atoms with Crippen LogP contribution in [0.25, 0.3) is 0 Å². The van der Waals surface area contributed by atoms with Gasteiger partial charge in [-0.3, -0.25) is 4.79 Å². The number of carboxylic acid groups (broad SMARTS) is 1. The van der Waals surface area contributed by atoms with Crippen molar-refractivity contribution in [1.29, 1.82) is 0 Å². The van der Waals surface area contributed by atoms with Gasteiger partial charge in [0.15, 0.2) is 0 Å². The third kappa shape index (κ3) is 6.94. The Bertz CT molecular complexity index is 296. The van der Waals surface area contributed by atoms with Gasteiger partial charge in [-0.15, -0.1) is 0 Å². The molecule has 18 heavy (non-hydrogen) atoms. The van der Waals surface area contributed by atoms with E-state index in [1.165, 1.54) is 14.2 Å². The zero-order chi connectivity index (χ0) is 14.3. The zero-order valence-electron chi connectivity index (χ0n) is 10.0. The molecule has 0 atom stereocenters. The summed E-state index contributed by atoms with van der Waals surface area (Å²) in [4.78, 5) is 23.2. The second-order valence-electron chi connectivity index (χ2n) is 3.56. The number of halogens is 3. The van der Waals surface area contributed by atoms with Crippen molar-refractivity contribution in [3.8, 4) is 0 Å². The van der Waals surface area contributed by atoms with Crippen molar-refractivity contribution in [2.75, 3.05) is 40.4 Å². The van der Waals surface area contributed by atoms with Crippen LogP contribution in [0.4, 0.5) is 18.0 Å². The predicted molar refractivity (Wildman–Crippen MR) is 55.2 cm³/mol. The number of methoxy groups -OCH3 is 1. The fraction of sp³-hybridized carbons (Fsp3) is 0.778. The van der Waals surface area contributed by atoms with Gasteiger partial charge in [-0.25, -0.2) is 4.79 Å². The summed E-state index contributed by atoms with van der Waals surface area (Å²) in [6, 6.07) is -1.01. The number of hydrogen-bond acceptors (Lipinski definition) is 3. The largest absolute Gasteiger partial charge is 0.480 e. The summed E-state index contributed by atoms with van der Waals surface area (Å²) >= 11 is 0. The molecule has 0 aliphatic carbocycles. The lowest BCUT2D eigenvalue weighted by Crippen LogP contribution is -2.48. The van der Waals surface area contributed by atoms with Crippen LogP contribution >= 0.6 is 0 Å². The van der Waals surface area contributed by atoms with E-state index in [1.807, 2.05) is 0 Å². The predicted octanol–water partition coefficient (Wildman–Crippen LogP) is 0.634. The molecule has 1 N–H and O–H groups in total. The van der Waals surface area contributed by atoms with Gasteiger partial charge < -0.3 is 19.6 Å². The molecule has 0 unspecified atom stereocenters. The molecule has 2 amide bonds. The van der Waals surface area contributed by atoms with E-state index in [0.717, 1.165) is 4.90 Å². The molecule has 0 spiro atoms. The van der Waals surface area contributed by atoms with Gasteiger partial charge >= 0.3 is 18.2 Å². The Kier molecular flexibility index (Phi) is 6.45. The molecular formula is C9H15F3N2O4. The maximum atomic E-state index is 12.2. The van der Waals surface area contributed by atoms with Gasteiger partial charge in [-0.1, -0.05) is 0 Å². The maximum Gasteiger partial charge on any atom is 0.406 e. The van der Waals surface area contributed by atoms with E-state index < -0.39 is 31.3 Å². The third-order valence-corrected chi connectivity index (χ3v) is 1.92. The first-order valence-corrected chi connectivity index (χ1v) is 4.95. The second kappa shape index (κ2) is 7.04. The number of hydrogen-bond donors (Lipinski definition) is 1. The number of aliphatic carboxylic acids is 1. The molecule has 0 aliphatic rings. The van der Waals surface area contributed by atoms with E-state index in [9.17, 15) is 22.8 Å². The highest BCUT2D eigenvalue weighted by molar-refractivity contribution is 5.80. The SMILES string of the molecule is COCCN(C)C(=O)N(CC(=O)O)CC(F)(F)F. The van der Waals surface area contributed by atoms with Crippen molar-refractivity contribution in [2.45, 2.75) is 6.18 Å². The van der Waals surface area contributed by atoms with Crippen molar-refractivity contribution in [2.24, 2.45) is 0 Å². The third-order valence-electron chi connectivity index (χ3n) is 1.92. The molecule has 0 rings (SSSR count). The molecule has 0 saturated carbocycles. The number of likely N-dealkylation sites (N-methyl/N-ethyl adjacent to an activating group) is 1. The van der Waals surface area contributed by atoms with Crippen molar-refractivity contribution >= 4 is 12.0 Å². The number of alkyl halides is 3. The number of nitrogens with zero attached hydrogens (tertiary/aromatic N) is 2. The molecule has 0 aliphatic heterocycles. The average Bonchev–Trinajstić information content (AvgIpc) is 2.21. The van der Waals surface area contributed by atoms with Gasteiger partial charge in [-0.2, -0.15) is 13.2 Å². The Morgan fingerprint density at radius 1 is 1.33 bits per heavy atom. The summed E-state index contributed by atoms with van der Waals surface area (Å²) in [6.45, 7) is -2.39. The molecule has 0 aromatic heterocycles. The first-order valence-electron chi connectivity index (χ1n) is 4.95. The molecule has 0 radical (unpaired) electrons. The Labute approximate surface area is 102 Å².